The number of carbonyl (C=O) groups excluding carboxylic acids is 2. The highest BCUT2D eigenvalue weighted by Crippen LogP contribution is 2.30. The molecule has 10 nitrogen and oxygen atoms in total. The van der Waals surface area contributed by atoms with Gasteiger partial charge >= 0.3 is 11.9 Å². The lowest BCUT2D eigenvalue weighted by Crippen LogP contribution is -2.50. The monoisotopic (exact) mass is 479 g/mol. The largest absolute Gasteiger partial charge is 0.480 e. The number of carboxylic acids is 2. The number of rotatable bonds is 11. The Balaban J connectivity index is 2.70. The van der Waals surface area contributed by atoms with E-state index in [1.54, 1.807) is 18.2 Å². The van der Waals surface area contributed by atoms with Crippen LogP contribution in [0.25, 0.3) is 0 Å². The zero-order valence-electron chi connectivity index (χ0n) is 14.7. The van der Waals surface area contributed by atoms with Gasteiger partial charge in [0, 0.05) is 16.7 Å². The molecule has 28 heavy (non-hydrogen) atoms. The molecular formula is C16H22BrN3O7S. The van der Waals surface area contributed by atoms with Crippen LogP contribution < -0.4 is 16.4 Å². The third kappa shape index (κ3) is 8.42. The average molecular weight is 480 g/mol. The second-order valence-corrected chi connectivity index (χ2v) is 7.99. The second-order valence-electron chi connectivity index (χ2n) is 5.90. The van der Waals surface area contributed by atoms with Gasteiger partial charge in [-0.1, -0.05) is 34.2 Å². The molecule has 0 aromatic carbocycles. The van der Waals surface area contributed by atoms with E-state index in [1.165, 1.54) is 11.8 Å². The fourth-order valence-electron chi connectivity index (χ4n) is 2.14. The maximum absolute atomic E-state index is 12.2. The highest BCUT2D eigenvalue weighted by atomic mass is 79.9. The molecule has 2 unspecified atom stereocenters. The molecule has 0 aliphatic heterocycles. The van der Waals surface area contributed by atoms with Gasteiger partial charge in [0.1, 0.15) is 18.6 Å². The van der Waals surface area contributed by atoms with Gasteiger partial charge in [-0.3, -0.25) is 19.2 Å². The number of amides is 2. The van der Waals surface area contributed by atoms with Gasteiger partial charge in [-0.25, -0.2) is 0 Å². The Labute approximate surface area is 173 Å². The lowest BCUT2D eigenvalue weighted by Gasteiger charge is -2.25. The highest BCUT2D eigenvalue weighted by Gasteiger charge is 2.28. The van der Waals surface area contributed by atoms with Gasteiger partial charge in [-0.05, 0) is 6.42 Å². The summed E-state index contributed by atoms with van der Waals surface area (Å²) in [6.07, 6.45) is 3.88. The Hall–Kier alpha value is -1.89. The first kappa shape index (κ1) is 24.1. The number of halogens is 1. The molecule has 0 aromatic rings. The molecule has 1 rings (SSSR count). The Morgan fingerprint density at radius 2 is 1.96 bits per heavy atom. The summed E-state index contributed by atoms with van der Waals surface area (Å²) in [7, 11) is 0. The third-order valence-electron chi connectivity index (χ3n) is 3.65. The molecule has 0 saturated carbocycles. The minimum Gasteiger partial charge on any atom is -0.480 e. The van der Waals surface area contributed by atoms with Crippen LogP contribution in [0, 0.1) is 0 Å². The van der Waals surface area contributed by atoms with Crippen LogP contribution in [0.15, 0.2) is 22.7 Å². The molecule has 0 fully saturated rings. The SMILES string of the molecule is N[C@@H](CCC(=O)N[C@@H](CSC1C(Br)=CC=CC1O)C(=O)NCC(=O)O)C(=O)O. The molecule has 4 atom stereocenters. The van der Waals surface area contributed by atoms with E-state index in [9.17, 15) is 24.3 Å². The van der Waals surface area contributed by atoms with Gasteiger partial charge in [0.25, 0.3) is 0 Å². The van der Waals surface area contributed by atoms with Crippen molar-refractivity contribution < 1.29 is 34.5 Å². The summed E-state index contributed by atoms with van der Waals surface area (Å²) < 4.78 is 0.705. The first-order valence-corrected chi connectivity index (χ1v) is 10.1. The van der Waals surface area contributed by atoms with Crippen LogP contribution in [0.3, 0.4) is 0 Å². The number of nitrogens with two attached hydrogens (primary N) is 1. The van der Waals surface area contributed by atoms with Crippen molar-refractivity contribution in [3.8, 4) is 0 Å². The van der Waals surface area contributed by atoms with Crippen molar-refractivity contribution in [3.05, 3.63) is 22.7 Å². The van der Waals surface area contributed by atoms with Crippen LogP contribution in [0.4, 0.5) is 0 Å². The molecule has 0 radical (unpaired) electrons. The number of thioether (sulfide) groups is 1. The maximum Gasteiger partial charge on any atom is 0.322 e. The normalized spacial score (nSPS) is 20.6. The molecular weight excluding hydrogens is 458 g/mol. The van der Waals surface area contributed by atoms with Gasteiger partial charge in [-0.2, -0.15) is 0 Å². The summed E-state index contributed by atoms with van der Waals surface area (Å²) in [5, 5.41) is 31.7. The Morgan fingerprint density at radius 3 is 2.54 bits per heavy atom. The van der Waals surface area contributed by atoms with Crippen LogP contribution in [-0.4, -0.2) is 74.8 Å². The highest BCUT2D eigenvalue weighted by molar-refractivity contribution is 9.11. The Bertz CT molecular complexity index is 671. The van der Waals surface area contributed by atoms with Gasteiger partial charge in [-0.15, -0.1) is 11.8 Å². The molecule has 0 spiro atoms. The topological polar surface area (TPSA) is 179 Å². The van der Waals surface area contributed by atoms with E-state index in [4.69, 9.17) is 15.9 Å². The number of aliphatic hydroxyl groups excluding tert-OH is 1. The van der Waals surface area contributed by atoms with Crippen LogP contribution in [0.5, 0.6) is 0 Å². The van der Waals surface area contributed by atoms with E-state index in [1.807, 2.05) is 0 Å². The van der Waals surface area contributed by atoms with Crippen LogP contribution in [0.2, 0.25) is 0 Å². The number of hydrogen-bond acceptors (Lipinski definition) is 7. The van der Waals surface area contributed by atoms with Crippen molar-refractivity contribution in [2.75, 3.05) is 12.3 Å². The van der Waals surface area contributed by atoms with Crippen molar-refractivity contribution >= 4 is 51.4 Å². The van der Waals surface area contributed by atoms with Crippen molar-refractivity contribution in [1.82, 2.24) is 10.6 Å². The predicted octanol–water partition coefficient (Wildman–Crippen LogP) is -0.825. The molecule has 1 aliphatic rings. The third-order valence-corrected chi connectivity index (χ3v) is 6.13. The van der Waals surface area contributed by atoms with Crippen molar-refractivity contribution in [1.29, 1.82) is 0 Å². The number of allylic oxidation sites excluding steroid dienone is 2. The lowest BCUT2D eigenvalue weighted by molar-refractivity contribution is -0.139. The van der Waals surface area contributed by atoms with Gasteiger partial charge in [0.05, 0.1) is 11.4 Å². The molecule has 1 aliphatic carbocycles. The van der Waals surface area contributed by atoms with Gasteiger partial charge in [0.15, 0.2) is 0 Å². The summed E-state index contributed by atoms with van der Waals surface area (Å²) in [4.78, 5) is 45.7. The summed E-state index contributed by atoms with van der Waals surface area (Å²) in [5.74, 6) is -3.72. The standard InChI is InChI=1S/C16H22BrN3O7S/c17-8-2-1-3-11(21)14(8)28-7-10(15(25)19-6-13(23)24)20-12(22)5-4-9(18)16(26)27/h1-3,9-11,14,21H,4-7,18H2,(H,19,25)(H,20,22)(H,23,24)(H,26,27)/t9-,10-,11?,14?/m0/s1. The van der Waals surface area contributed by atoms with E-state index < -0.39 is 53.7 Å². The number of aliphatic carboxylic acids is 2. The van der Waals surface area contributed by atoms with Crippen molar-refractivity contribution in [3.63, 3.8) is 0 Å². The van der Waals surface area contributed by atoms with E-state index >= 15 is 0 Å². The fraction of sp³-hybridized carbons (Fsp3) is 0.500. The fourth-order valence-corrected chi connectivity index (χ4v) is 4.12. The molecule has 156 valence electrons. The molecule has 2 amide bonds. The zero-order valence-corrected chi connectivity index (χ0v) is 17.1. The summed E-state index contributed by atoms with van der Waals surface area (Å²) in [5.41, 5.74) is 5.35. The molecule has 0 aromatic heterocycles. The van der Waals surface area contributed by atoms with Crippen molar-refractivity contribution in [2.24, 2.45) is 5.73 Å². The second kappa shape index (κ2) is 11.8. The van der Waals surface area contributed by atoms with E-state index in [2.05, 4.69) is 26.6 Å². The first-order valence-electron chi connectivity index (χ1n) is 8.22. The van der Waals surface area contributed by atoms with E-state index in [-0.39, 0.29) is 18.6 Å². The van der Waals surface area contributed by atoms with Crippen LogP contribution in [0.1, 0.15) is 12.8 Å². The Morgan fingerprint density at radius 1 is 1.29 bits per heavy atom. The number of carbonyl (C=O) groups is 4. The number of carboxylic acid groups (broad SMARTS) is 2. The number of hydrogen-bond donors (Lipinski definition) is 6. The molecule has 7 N–H and O–H groups in total. The summed E-state index contributed by atoms with van der Waals surface area (Å²) in [6, 6.07) is -2.28. The first-order chi connectivity index (χ1) is 13.1. The molecule has 0 bridgehead atoms. The molecule has 0 heterocycles. The predicted molar refractivity (Wildman–Crippen MR) is 106 cm³/mol. The van der Waals surface area contributed by atoms with Crippen LogP contribution >= 0.6 is 27.7 Å². The number of nitrogens with one attached hydrogen (secondary N) is 2. The quantitative estimate of drug-likeness (QED) is 0.220. The Kier molecular flexibility index (Phi) is 10.2. The zero-order chi connectivity index (χ0) is 21.3. The lowest BCUT2D eigenvalue weighted by atomic mass is 10.1. The minimum absolute atomic E-state index is 0.0562. The van der Waals surface area contributed by atoms with E-state index in [0.29, 0.717) is 4.48 Å². The van der Waals surface area contributed by atoms with Gasteiger partial charge in [0.2, 0.25) is 11.8 Å². The van der Waals surface area contributed by atoms with Gasteiger partial charge < -0.3 is 31.7 Å². The summed E-state index contributed by atoms with van der Waals surface area (Å²) in [6.45, 7) is -0.613. The smallest absolute Gasteiger partial charge is 0.322 e. The minimum atomic E-state index is -1.24. The molecule has 0 saturated heterocycles. The van der Waals surface area contributed by atoms with E-state index in [0.717, 1.165) is 0 Å². The number of aliphatic hydroxyl groups is 1. The van der Waals surface area contributed by atoms with Crippen molar-refractivity contribution in [2.45, 2.75) is 36.3 Å². The summed E-state index contributed by atoms with van der Waals surface area (Å²) >= 11 is 4.53. The van der Waals surface area contributed by atoms with Crippen LogP contribution in [-0.2, 0) is 19.2 Å². The maximum atomic E-state index is 12.2. The molecule has 12 heteroatoms. The average Bonchev–Trinajstić information content (AvgIpc) is 2.62.